The van der Waals surface area contributed by atoms with Gasteiger partial charge in [-0.2, -0.15) is 0 Å². The molecule has 2 atom stereocenters. The predicted octanol–water partition coefficient (Wildman–Crippen LogP) is 2.60. The lowest BCUT2D eigenvalue weighted by molar-refractivity contribution is -0.143. The molecule has 1 amide bonds. The Labute approximate surface area is 129 Å². The van der Waals surface area contributed by atoms with Crippen LogP contribution in [-0.4, -0.2) is 29.1 Å². The largest absolute Gasteiger partial charge is 0.480 e. The zero-order chi connectivity index (χ0) is 16.7. The highest BCUT2D eigenvalue weighted by molar-refractivity contribution is 5.86. The molecule has 0 aromatic heterocycles. The van der Waals surface area contributed by atoms with Crippen LogP contribution >= 0.6 is 0 Å². The van der Waals surface area contributed by atoms with Crippen LogP contribution in [0, 0.1) is 11.7 Å². The summed E-state index contributed by atoms with van der Waals surface area (Å²) in [5.41, 5.74) is 0. The van der Waals surface area contributed by atoms with Crippen molar-refractivity contribution in [2.45, 2.75) is 45.8 Å². The van der Waals surface area contributed by atoms with Crippen molar-refractivity contribution >= 4 is 11.9 Å². The van der Waals surface area contributed by atoms with Gasteiger partial charge in [-0.25, -0.2) is 9.18 Å². The number of halogens is 1. The number of carboxylic acid groups (broad SMARTS) is 1. The van der Waals surface area contributed by atoms with Gasteiger partial charge in [0.25, 0.3) is 5.91 Å². The van der Waals surface area contributed by atoms with E-state index in [1.807, 2.05) is 13.8 Å². The summed E-state index contributed by atoms with van der Waals surface area (Å²) in [7, 11) is 0. The maximum atomic E-state index is 13.6. The third-order valence-corrected chi connectivity index (χ3v) is 3.09. The van der Waals surface area contributed by atoms with Gasteiger partial charge >= 0.3 is 5.97 Å². The highest BCUT2D eigenvalue weighted by Gasteiger charge is 2.26. The minimum Gasteiger partial charge on any atom is -0.480 e. The number of ether oxygens (including phenoxy) is 1. The molecule has 1 aromatic rings. The zero-order valence-corrected chi connectivity index (χ0v) is 13.0. The van der Waals surface area contributed by atoms with Gasteiger partial charge in [-0.15, -0.1) is 0 Å². The van der Waals surface area contributed by atoms with Crippen LogP contribution in [0.15, 0.2) is 24.3 Å². The number of carboxylic acids is 1. The van der Waals surface area contributed by atoms with Crippen molar-refractivity contribution in [1.29, 1.82) is 0 Å². The lowest BCUT2D eigenvalue weighted by atomic mass is 10.0. The molecule has 22 heavy (non-hydrogen) atoms. The highest BCUT2D eigenvalue weighted by atomic mass is 19.1. The van der Waals surface area contributed by atoms with Gasteiger partial charge in [0.1, 0.15) is 6.04 Å². The van der Waals surface area contributed by atoms with E-state index in [1.54, 1.807) is 13.0 Å². The number of benzene rings is 1. The van der Waals surface area contributed by atoms with Crippen molar-refractivity contribution < 1.29 is 23.8 Å². The molecular weight excluding hydrogens is 289 g/mol. The van der Waals surface area contributed by atoms with E-state index >= 15 is 0 Å². The number of carbonyl (C=O) groups is 2. The van der Waals surface area contributed by atoms with Gasteiger partial charge in [-0.05, 0) is 30.9 Å². The van der Waals surface area contributed by atoms with Gasteiger partial charge in [-0.3, -0.25) is 4.79 Å². The van der Waals surface area contributed by atoms with Gasteiger partial charge in [0.15, 0.2) is 17.7 Å². The van der Waals surface area contributed by atoms with Crippen LogP contribution in [-0.2, 0) is 9.59 Å². The first-order valence-corrected chi connectivity index (χ1v) is 7.29. The molecule has 0 aliphatic carbocycles. The molecule has 0 saturated carbocycles. The van der Waals surface area contributed by atoms with E-state index in [-0.39, 0.29) is 11.7 Å². The number of rotatable bonds is 8. The van der Waals surface area contributed by atoms with E-state index < -0.39 is 29.8 Å². The van der Waals surface area contributed by atoms with Gasteiger partial charge in [-0.1, -0.05) is 32.9 Å². The SMILES string of the molecule is CCC(Oc1ccccc1F)C(=O)N[C@H](CC(C)C)C(=O)O. The zero-order valence-electron chi connectivity index (χ0n) is 13.0. The maximum Gasteiger partial charge on any atom is 0.326 e. The standard InChI is InChI=1S/C16H22FNO4/c1-4-13(22-14-8-6-5-7-11(14)17)15(19)18-12(16(20)21)9-10(2)3/h5-8,10,12-13H,4,9H2,1-3H3,(H,18,19)(H,20,21)/t12-,13?/m1/s1. The van der Waals surface area contributed by atoms with Gasteiger partial charge in [0.2, 0.25) is 0 Å². The number of para-hydroxylation sites is 1. The molecule has 0 aliphatic rings. The molecule has 1 unspecified atom stereocenters. The molecule has 122 valence electrons. The molecule has 2 N–H and O–H groups in total. The summed E-state index contributed by atoms with van der Waals surface area (Å²) in [5, 5.41) is 11.6. The number of nitrogens with one attached hydrogen (secondary N) is 1. The fourth-order valence-corrected chi connectivity index (χ4v) is 1.97. The average molecular weight is 311 g/mol. The molecule has 0 bridgehead atoms. The quantitative estimate of drug-likeness (QED) is 0.774. The molecule has 0 fully saturated rings. The van der Waals surface area contributed by atoms with Crippen LogP contribution in [0.3, 0.4) is 0 Å². The molecule has 6 heteroatoms. The Morgan fingerprint density at radius 1 is 1.32 bits per heavy atom. The van der Waals surface area contributed by atoms with Crippen LogP contribution in [0.4, 0.5) is 4.39 Å². The van der Waals surface area contributed by atoms with E-state index in [4.69, 9.17) is 9.84 Å². The van der Waals surface area contributed by atoms with Crippen molar-refractivity contribution in [3.63, 3.8) is 0 Å². The Balaban J connectivity index is 2.75. The van der Waals surface area contributed by atoms with Crippen molar-refractivity contribution in [3.8, 4) is 5.75 Å². The molecular formula is C16H22FNO4. The van der Waals surface area contributed by atoms with E-state index in [0.717, 1.165) is 0 Å². The van der Waals surface area contributed by atoms with Gasteiger partial charge in [0, 0.05) is 0 Å². The lowest BCUT2D eigenvalue weighted by Crippen LogP contribution is -2.47. The Morgan fingerprint density at radius 2 is 1.95 bits per heavy atom. The van der Waals surface area contributed by atoms with E-state index in [9.17, 15) is 14.0 Å². The first-order chi connectivity index (χ1) is 10.3. The number of carbonyl (C=O) groups excluding carboxylic acids is 1. The van der Waals surface area contributed by atoms with Crippen molar-refractivity contribution in [1.82, 2.24) is 5.32 Å². The summed E-state index contributed by atoms with van der Waals surface area (Å²) in [6, 6.07) is 4.80. The van der Waals surface area contributed by atoms with Crippen molar-refractivity contribution in [3.05, 3.63) is 30.1 Å². The second-order valence-corrected chi connectivity index (χ2v) is 5.47. The smallest absolute Gasteiger partial charge is 0.326 e. The van der Waals surface area contributed by atoms with Crippen molar-refractivity contribution in [2.75, 3.05) is 0 Å². The highest BCUT2D eigenvalue weighted by Crippen LogP contribution is 2.18. The third-order valence-electron chi connectivity index (χ3n) is 3.09. The molecule has 1 rings (SSSR count). The molecule has 0 heterocycles. The summed E-state index contributed by atoms with van der Waals surface area (Å²) in [4.78, 5) is 23.3. The fraction of sp³-hybridized carbons (Fsp3) is 0.500. The number of hydrogen-bond acceptors (Lipinski definition) is 3. The summed E-state index contributed by atoms with van der Waals surface area (Å²) in [6.07, 6.45) is -0.323. The molecule has 1 aromatic carbocycles. The van der Waals surface area contributed by atoms with Gasteiger partial charge in [0.05, 0.1) is 0 Å². The van der Waals surface area contributed by atoms with Crippen LogP contribution in [0.5, 0.6) is 5.75 Å². The van der Waals surface area contributed by atoms with Crippen LogP contribution in [0.25, 0.3) is 0 Å². The minimum absolute atomic E-state index is 0.0276. The maximum absolute atomic E-state index is 13.6. The summed E-state index contributed by atoms with van der Waals surface area (Å²) < 4.78 is 18.9. The van der Waals surface area contributed by atoms with E-state index in [2.05, 4.69) is 5.32 Å². The molecule has 5 nitrogen and oxygen atoms in total. The Kier molecular flexibility index (Phi) is 6.82. The fourth-order valence-electron chi connectivity index (χ4n) is 1.97. The van der Waals surface area contributed by atoms with Crippen LogP contribution in [0.2, 0.25) is 0 Å². The van der Waals surface area contributed by atoms with Crippen LogP contribution in [0.1, 0.15) is 33.6 Å². The molecule has 0 spiro atoms. The number of hydrogen-bond donors (Lipinski definition) is 2. The second-order valence-electron chi connectivity index (χ2n) is 5.47. The van der Waals surface area contributed by atoms with Crippen molar-refractivity contribution in [2.24, 2.45) is 5.92 Å². The summed E-state index contributed by atoms with van der Waals surface area (Å²) in [6.45, 7) is 5.45. The van der Waals surface area contributed by atoms with Crippen LogP contribution < -0.4 is 10.1 Å². The molecule has 0 radical (unpaired) electrons. The minimum atomic E-state index is -1.09. The molecule has 0 aliphatic heterocycles. The summed E-state index contributed by atoms with van der Waals surface area (Å²) in [5.74, 6) is -2.12. The molecule has 0 saturated heterocycles. The first-order valence-electron chi connectivity index (χ1n) is 7.29. The first kappa shape index (κ1) is 17.9. The summed E-state index contributed by atoms with van der Waals surface area (Å²) >= 11 is 0. The second kappa shape index (κ2) is 8.36. The Morgan fingerprint density at radius 3 is 2.45 bits per heavy atom. The van der Waals surface area contributed by atoms with Gasteiger partial charge < -0.3 is 15.2 Å². The topological polar surface area (TPSA) is 75.6 Å². The van der Waals surface area contributed by atoms with E-state index in [0.29, 0.717) is 12.8 Å². The normalized spacial score (nSPS) is 13.5. The predicted molar refractivity (Wildman–Crippen MR) is 80.1 cm³/mol. The third kappa shape index (κ3) is 5.35. The lowest BCUT2D eigenvalue weighted by Gasteiger charge is -2.21. The average Bonchev–Trinajstić information content (AvgIpc) is 2.45. The van der Waals surface area contributed by atoms with E-state index in [1.165, 1.54) is 18.2 Å². The Bertz CT molecular complexity index is 519. The number of aliphatic carboxylic acids is 1. The Hall–Kier alpha value is -2.11. The number of amides is 1. The monoisotopic (exact) mass is 311 g/mol.